The number of ether oxygens (including phenoxy) is 1. The molecule has 2 N–H and O–H groups in total. The number of rotatable bonds is 3. The summed E-state index contributed by atoms with van der Waals surface area (Å²) in [5.41, 5.74) is 9.45. The van der Waals surface area contributed by atoms with Crippen molar-refractivity contribution in [2.75, 3.05) is 5.73 Å². The molecule has 110 valence electrons. The molecule has 0 aliphatic heterocycles. The van der Waals surface area contributed by atoms with Crippen LogP contribution in [0.15, 0.2) is 24.3 Å². The van der Waals surface area contributed by atoms with Crippen molar-refractivity contribution in [3.05, 3.63) is 46.8 Å². The summed E-state index contributed by atoms with van der Waals surface area (Å²) in [5, 5.41) is 0. The lowest BCUT2D eigenvalue weighted by molar-refractivity contribution is 0.174. The van der Waals surface area contributed by atoms with Crippen molar-refractivity contribution < 1.29 is 4.74 Å². The average molecular weight is 283 g/mol. The molecule has 1 aromatic heterocycles. The van der Waals surface area contributed by atoms with E-state index in [0.717, 1.165) is 37.1 Å². The van der Waals surface area contributed by atoms with E-state index in [9.17, 15) is 0 Å². The number of hydrogen-bond acceptors (Lipinski definition) is 4. The van der Waals surface area contributed by atoms with E-state index >= 15 is 0 Å². The van der Waals surface area contributed by atoms with E-state index < -0.39 is 0 Å². The van der Waals surface area contributed by atoms with E-state index in [-0.39, 0.29) is 6.10 Å². The molecular weight excluding hydrogens is 262 g/mol. The lowest BCUT2D eigenvalue weighted by atomic mass is 9.89. The van der Waals surface area contributed by atoms with Gasteiger partial charge in [0, 0.05) is 6.42 Å². The average Bonchev–Trinajstić information content (AvgIpc) is 2.52. The molecule has 21 heavy (non-hydrogen) atoms. The zero-order valence-electron chi connectivity index (χ0n) is 12.6. The van der Waals surface area contributed by atoms with E-state index in [0.29, 0.717) is 11.7 Å². The third-order valence-electron chi connectivity index (χ3n) is 4.07. The highest BCUT2D eigenvalue weighted by Crippen LogP contribution is 2.34. The molecule has 1 aliphatic carbocycles. The van der Waals surface area contributed by atoms with Gasteiger partial charge in [0.2, 0.25) is 5.88 Å². The molecule has 0 saturated heterocycles. The number of aryl methyl sites for hydroxylation is 2. The second kappa shape index (κ2) is 5.72. The highest BCUT2D eigenvalue weighted by molar-refractivity contribution is 5.45. The van der Waals surface area contributed by atoms with Gasteiger partial charge in [-0.05, 0) is 37.3 Å². The molecule has 0 saturated carbocycles. The lowest BCUT2D eigenvalue weighted by Crippen LogP contribution is -2.17. The molecule has 1 aromatic carbocycles. The van der Waals surface area contributed by atoms with Crippen LogP contribution in [0.3, 0.4) is 0 Å². The summed E-state index contributed by atoms with van der Waals surface area (Å²) in [6.07, 6.45) is 4.10. The summed E-state index contributed by atoms with van der Waals surface area (Å²) in [6.45, 7) is 3.93. The fourth-order valence-electron chi connectivity index (χ4n) is 2.80. The first-order valence-electron chi connectivity index (χ1n) is 7.56. The van der Waals surface area contributed by atoms with E-state index in [2.05, 4.69) is 34.2 Å². The SMILES string of the molecule is CCc1nc(N)c(C)c(OC2CCCc3ccccc32)n1. The van der Waals surface area contributed by atoms with E-state index in [1.54, 1.807) is 0 Å². The monoisotopic (exact) mass is 283 g/mol. The summed E-state index contributed by atoms with van der Waals surface area (Å²) >= 11 is 0. The maximum atomic E-state index is 6.20. The van der Waals surface area contributed by atoms with Gasteiger partial charge in [0.15, 0.2) is 0 Å². The van der Waals surface area contributed by atoms with Crippen molar-refractivity contribution in [2.24, 2.45) is 0 Å². The van der Waals surface area contributed by atoms with Gasteiger partial charge in [-0.3, -0.25) is 0 Å². The number of nitrogen functional groups attached to an aromatic ring is 1. The van der Waals surface area contributed by atoms with Gasteiger partial charge < -0.3 is 10.5 Å². The molecule has 1 aliphatic rings. The Hall–Kier alpha value is -2.10. The lowest BCUT2D eigenvalue weighted by Gasteiger charge is -2.26. The van der Waals surface area contributed by atoms with Gasteiger partial charge in [0.05, 0.1) is 5.56 Å². The molecule has 0 fully saturated rings. The van der Waals surface area contributed by atoms with Crippen LogP contribution in [0.2, 0.25) is 0 Å². The van der Waals surface area contributed by atoms with Gasteiger partial charge in [-0.15, -0.1) is 0 Å². The topological polar surface area (TPSA) is 61.0 Å². The normalized spacial score (nSPS) is 17.3. The minimum absolute atomic E-state index is 0.0626. The Bertz CT molecular complexity index is 654. The smallest absolute Gasteiger partial charge is 0.222 e. The molecule has 4 nitrogen and oxygen atoms in total. The summed E-state index contributed by atoms with van der Waals surface area (Å²) in [6, 6.07) is 8.49. The number of hydrogen-bond donors (Lipinski definition) is 1. The first-order valence-corrected chi connectivity index (χ1v) is 7.56. The van der Waals surface area contributed by atoms with Gasteiger partial charge in [0.1, 0.15) is 17.7 Å². The number of benzene rings is 1. The largest absolute Gasteiger partial charge is 0.469 e. The summed E-state index contributed by atoms with van der Waals surface area (Å²) in [5.74, 6) is 1.87. The Balaban J connectivity index is 1.93. The zero-order valence-corrected chi connectivity index (χ0v) is 12.6. The van der Waals surface area contributed by atoms with Gasteiger partial charge >= 0.3 is 0 Å². The number of anilines is 1. The van der Waals surface area contributed by atoms with Crippen molar-refractivity contribution in [3.63, 3.8) is 0 Å². The first kappa shape index (κ1) is 13.9. The first-order chi connectivity index (χ1) is 10.2. The van der Waals surface area contributed by atoms with Crippen molar-refractivity contribution in [1.82, 2.24) is 9.97 Å². The van der Waals surface area contributed by atoms with Crippen molar-refractivity contribution in [1.29, 1.82) is 0 Å². The zero-order chi connectivity index (χ0) is 14.8. The van der Waals surface area contributed by atoms with E-state index in [1.807, 2.05) is 13.8 Å². The third-order valence-corrected chi connectivity index (χ3v) is 4.07. The minimum atomic E-state index is 0.0626. The number of aromatic nitrogens is 2. The quantitative estimate of drug-likeness (QED) is 0.938. The van der Waals surface area contributed by atoms with E-state index in [4.69, 9.17) is 10.5 Å². The van der Waals surface area contributed by atoms with Gasteiger partial charge in [-0.1, -0.05) is 31.2 Å². The second-order valence-corrected chi connectivity index (χ2v) is 5.51. The molecule has 1 unspecified atom stereocenters. The van der Waals surface area contributed by atoms with Crippen LogP contribution in [0.25, 0.3) is 0 Å². The van der Waals surface area contributed by atoms with Crippen LogP contribution in [-0.2, 0) is 12.8 Å². The van der Waals surface area contributed by atoms with Crippen molar-refractivity contribution in [3.8, 4) is 5.88 Å². The molecule has 0 amide bonds. The molecule has 0 bridgehead atoms. The molecule has 4 heteroatoms. The highest BCUT2D eigenvalue weighted by Gasteiger charge is 2.23. The fourth-order valence-corrected chi connectivity index (χ4v) is 2.80. The maximum absolute atomic E-state index is 6.20. The second-order valence-electron chi connectivity index (χ2n) is 5.51. The summed E-state index contributed by atoms with van der Waals surface area (Å²) in [4.78, 5) is 8.78. The van der Waals surface area contributed by atoms with Crippen molar-refractivity contribution >= 4 is 5.82 Å². The fraction of sp³-hybridized carbons (Fsp3) is 0.412. The van der Waals surface area contributed by atoms with Crippen LogP contribution in [0.5, 0.6) is 5.88 Å². The Morgan fingerprint density at radius 1 is 1.29 bits per heavy atom. The van der Waals surface area contributed by atoms with Crippen LogP contribution in [0.4, 0.5) is 5.82 Å². The maximum Gasteiger partial charge on any atom is 0.222 e. The summed E-state index contributed by atoms with van der Waals surface area (Å²) < 4.78 is 6.20. The van der Waals surface area contributed by atoms with Gasteiger partial charge in [0.25, 0.3) is 0 Å². The molecule has 0 radical (unpaired) electrons. The van der Waals surface area contributed by atoms with Crippen LogP contribution in [-0.4, -0.2) is 9.97 Å². The predicted molar refractivity (Wildman–Crippen MR) is 83.3 cm³/mol. The van der Waals surface area contributed by atoms with E-state index in [1.165, 1.54) is 11.1 Å². The molecular formula is C17H21N3O. The number of fused-ring (bicyclic) bond motifs is 1. The number of nitrogens with zero attached hydrogens (tertiary/aromatic N) is 2. The van der Waals surface area contributed by atoms with Crippen LogP contribution < -0.4 is 10.5 Å². The Morgan fingerprint density at radius 3 is 2.90 bits per heavy atom. The van der Waals surface area contributed by atoms with Crippen LogP contribution in [0.1, 0.15) is 48.4 Å². The van der Waals surface area contributed by atoms with Crippen LogP contribution >= 0.6 is 0 Å². The third kappa shape index (κ3) is 2.71. The summed E-state index contributed by atoms with van der Waals surface area (Å²) in [7, 11) is 0. The van der Waals surface area contributed by atoms with Gasteiger partial charge in [-0.25, -0.2) is 4.98 Å². The number of nitrogens with two attached hydrogens (primary N) is 1. The Morgan fingerprint density at radius 2 is 2.10 bits per heavy atom. The predicted octanol–water partition coefficient (Wildman–Crippen LogP) is 3.39. The standard InChI is InChI=1S/C17H21N3O/c1-3-15-19-16(18)11(2)17(20-15)21-14-10-6-8-12-7-4-5-9-13(12)14/h4-5,7,9,14H,3,6,8,10H2,1-2H3,(H2,18,19,20). The minimum Gasteiger partial charge on any atom is -0.469 e. The molecule has 3 rings (SSSR count). The Labute approximate surface area is 125 Å². The van der Waals surface area contributed by atoms with Crippen LogP contribution in [0, 0.1) is 6.92 Å². The Kier molecular flexibility index (Phi) is 3.78. The molecule has 1 heterocycles. The van der Waals surface area contributed by atoms with Gasteiger partial charge in [-0.2, -0.15) is 4.98 Å². The van der Waals surface area contributed by atoms with Crippen molar-refractivity contribution in [2.45, 2.75) is 45.6 Å². The molecule has 2 aromatic rings. The molecule has 1 atom stereocenters. The highest BCUT2D eigenvalue weighted by atomic mass is 16.5. The molecule has 0 spiro atoms.